The zero-order chi connectivity index (χ0) is 22.9. The SMILES string of the molecule is O=C(N/N=C/c1ccc(-c2cc(Cl)c(Cl)cc2Cl)o1)[C@H]1COc2cc3ccccc3cc2O1. The number of hydrazone groups is 1. The minimum atomic E-state index is -0.835. The molecule has 5 rings (SSSR count). The number of hydrogen-bond donors (Lipinski definition) is 1. The molecule has 2 heterocycles. The number of ether oxygens (including phenoxy) is 2. The molecule has 6 nitrogen and oxygen atoms in total. The van der Waals surface area contributed by atoms with Crippen LogP contribution in [0.1, 0.15) is 5.76 Å². The van der Waals surface area contributed by atoms with E-state index in [-0.39, 0.29) is 6.61 Å². The molecule has 0 fully saturated rings. The summed E-state index contributed by atoms with van der Waals surface area (Å²) in [6, 6.07) is 18.2. The summed E-state index contributed by atoms with van der Waals surface area (Å²) >= 11 is 18.3. The van der Waals surface area contributed by atoms with Crippen molar-refractivity contribution >= 4 is 57.7 Å². The van der Waals surface area contributed by atoms with Gasteiger partial charge in [0, 0.05) is 5.56 Å². The smallest absolute Gasteiger partial charge is 0.284 e. The van der Waals surface area contributed by atoms with Crippen LogP contribution in [-0.2, 0) is 4.79 Å². The molecule has 1 aliphatic rings. The Labute approximate surface area is 203 Å². The number of rotatable bonds is 4. The topological polar surface area (TPSA) is 73.1 Å². The molecule has 4 aromatic rings. The van der Waals surface area contributed by atoms with E-state index >= 15 is 0 Å². The average molecular weight is 502 g/mol. The van der Waals surface area contributed by atoms with Crippen LogP contribution in [0.25, 0.3) is 22.1 Å². The Morgan fingerprint density at radius 3 is 2.45 bits per heavy atom. The lowest BCUT2D eigenvalue weighted by molar-refractivity contribution is -0.130. The first-order valence-corrected chi connectivity index (χ1v) is 11.0. The second-order valence-corrected chi connectivity index (χ2v) is 8.47. The standard InChI is InChI=1S/C24H15Cl3N2O4/c25-17-10-19(27)18(26)9-16(17)20-6-5-15(32-20)11-28-29-24(30)23-12-31-21-7-13-3-1-2-4-14(13)8-22(21)33-23/h1-11,23H,12H2,(H,29,30)/b28-11+/t23-/m1/s1. The molecule has 0 saturated carbocycles. The van der Waals surface area contributed by atoms with E-state index in [1.807, 2.05) is 36.4 Å². The highest BCUT2D eigenvalue weighted by Gasteiger charge is 2.27. The van der Waals surface area contributed by atoms with E-state index in [2.05, 4.69) is 10.5 Å². The van der Waals surface area contributed by atoms with Gasteiger partial charge in [-0.05, 0) is 47.2 Å². The monoisotopic (exact) mass is 500 g/mol. The second kappa shape index (κ2) is 8.98. The lowest BCUT2D eigenvalue weighted by Gasteiger charge is -2.25. The predicted octanol–water partition coefficient (Wildman–Crippen LogP) is 6.35. The molecule has 3 aromatic carbocycles. The Morgan fingerprint density at radius 2 is 1.67 bits per heavy atom. The quantitative estimate of drug-likeness (QED) is 0.201. The molecule has 9 heteroatoms. The summed E-state index contributed by atoms with van der Waals surface area (Å²) in [5, 5.41) is 7.09. The van der Waals surface area contributed by atoms with Gasteiger partial charge in [0.05, 0.1) is 21.3 Å². The minimum absolute atomic E-state index is 0.0768. The van der Waals surface area contributed by atoms with E-state index in [9.17, 15) is 4.79 Å². The highest BCUT2D eigenvalue weighted by atomic mass is 35.5. The largest absolute Gasteiger partial charge is 0.485 e. The third-order valence-corrected chi connectivity index (χ3v) is 6.07. The summed E-state index contributed by atoms with van der Waals surface area (Å²) in [7, 11) is 0. The second-order valence-electron chi connectivity index (χ2n) is 7.25. The van der Waals surface area contributed by atoms with Gasteiger partial charge in [0.25, 0.3) is 5.91 Å². The van der Waals surface area contributed by atoms with Crippen molar-refractivity contribution in [3.8, 4) is 22.8 Å². The van der Waals surface area contributed by atoms with Crippen molar-refractivity contribution in [3.63, 3.8) is 0 Å². The zero-order valence-electron chi connectivity index (χ0n) is 16.8. The number of carbonyl (C=O) groups excluding carboxylic acids is 1. The number of nitrogens with one attached hydrogen (secondary N) is 1. The van der Waals surface area contributed by atoms with Crippen molar-refractivity contribution in [2.45, 2.75) is 6.10 Å². The van der Waals surface area contributed by atoms with Crippen molar-refractivity contribution in [2.75, 3.05) is 6.61 Å². The van der Waals surface area contributed by atoms with Gasteiger partial charge < -0.3 is 13.9 Å². The van der Waals surface area contributed by atoms with Gasteiger partial charge in [0.2, 0.25) is 6.10 Å². The molecule has 0 unspecified atom stereocenters. The lowest BCUT2D eigenvalue weighted by Crippen LogP contribution is -2.42. The van der Waals surface area contributed by atoms with Crippen molar-refractivity contribution < 1.29 is 18.7 Å². The normalized spacial score (nSPS) is 15.2. The van der Waals surface area contributed by atoms with E-state index in [4.69, 9.17) is 48.7 Å². The number of furan rings is 1. The maximum Gasteiger partial charge on any atom is 0.284 e. The molecule has 166 valence electrons. The summed E-state index contributed by atoms with van der Waals surface area (Å²) in [6.45, 7) is 0.0768. The summed E-state index contributed by atoms with van der Waals surface area (Å²) < 4.78 is 17.3. The predicted molar refractivity (Wildman–Crippen MR) is 129 cm³/mol. The summed E-state index contributed by atoms with van der Waals surface area (Å²) in [4.78, 5) is 12.5. The number of carbonyl (C=O) groups is 1. The van der Waals surface area contributed by atoms with E-state index in [0.29, 0.717) is 43.7 Å². The summed E-state index contributed by atoms with van der Waals surface area (Å²) in [5.41, 5.74) is 3.04. The highest BCUT2D eigenvalue weighted by Crippen LogP contribution is 2.37. The van der Waals surface area contributed by atoms with Gasteiger partial charge >= 0.3 is 0 Å². The molecule has 1 atom stereocenters. The lowest BCUT2D eigenvalue weighted by atomic mass is 10.1. The third-order valence-electron chi connectivity index (χ3n) is 5.03. The Hall–Kier alpha value is -3.19. The molecule has 0 saturated heterocycles. The fraction of sp³-hybridized carbons (Fsp3) is 0.0833. The molecule has 1 aliphatic heterocycles. The zero-order valence-corrected chi connectivity index (χ0v) is 19.1. The summed E-state index contributed by atoms with van der Waals surface area (Å²) in [6.07, 6.45) is 0.538. The first-order chi connectivity index (χ1) is 16.0. The fourth-order valence-corrected chi connectivity index (χ4v) is 4.04. The molecule has 1 amide bonds. The van der Waals surface area contributed by atoms with Crippen LogP contribution in [-0.4, -0.2) is 24.8 Å². The Bertz CT molecular complexity index is 1400. The van der Waals surface area contributed by atoms with Crippen LogP contribution in [0.3, 0.4) is 0 Å². The van der Waals surface area contributed by atoms with Crippen molar-refractivity contribution in [2.24, 2.45) is 5.10 Å². The van der Waals surface area contributed by atoms with Gasteiger partial charge in [0.15, 0.2) is 11.5 Å². The number of halogens is 3. The number of nitrogens with zero attached hydrogens (tertiary/aromatic N) is 1. The molecule has 0 spiro atoms. The van der Waals surface area contributed by atoms with Crippen LogP contribution in [0.15, 0.2) is 70.2 Å². The van der Waals surface area contributed by atoms with Gasteiger partial charge in [-0.15, -0.1) is 0 Å². The maximum absolute atomic E-state index is 12.5. The van der Waals surface area contributed by atoms with Gasteiger partial charge in [-0.25, -0.2) is 5.43 Å². The van der Waals surface area contributed by atoms with E-state index in [1.165, 1.54) is 6.21 Å². The number of hydrogen-bond acceptors (Lipinski definition) is 5. The van der Waals surface area contributed by atoms with Crippen LogP contribution >= 0.6 is 34.8 Å². The van der Waals surface area contributed by atoms with Crippen LogP contribution < -0.4 is 14.9 Å². The highest BCUT2D eigenvalue weighted by molar-refractivity contribution is 6.44. The molecule has 1 aromatic heterocycles. The van der Waals surface area contributed by atoms with Crippen molar-refractivity contribution in [3.05, 3.63) is 81.5 Å². The van der Waals surface area contributed by atoms with Crippen LogP contribution in [0.2, 0.25) is 15.1 Å². The van der Waals surface area contributed by atoms with Crippen molar-refractivity contribution in [1.29, 1.82) is 0 Å². The first kappa shape index (κ1) is 21.6. The van der Waals surface area contributed by atoms with Gasteiger partial charge in [0.1, 0.15) is 18.1 Å². The van der Waals surface area contributed by atoms with Crippen LogP contribution in [0, 0.1) is 0 Å². The molecule has 33 heavy (non-hydrogen) atoms. The molecule has 0 aliphatic carbocycles. The molecule has 0 bridgehead atoms. The minimum Gasteiger partial charge on any atom is -0.485 e. The van der Waals surface area contributed by atoms with Crippen LogP contribution in [0.4, 0.5) is 0 Å². The Kier molecular flexibility index (Phi) is 5.89. The number of fused-ring (bicyclic) bond motifs is 2. The Morgan fingerprint density at radius 1 is 0.939 bits per heavy atom. The first-order valence-electron chi connectivity index (χ1n) is 9.88. The molecule has 1 N–H and O–H groups in total. The van der Waals surface area contributed by atoms with Crippen molar-refractivity contribution in [1.82, 2.24) is 5.43 Å². The maximum atomic E-state index is 12.5. The van der Waals surface area contributed by atoms with E-state index in [1.54, 1.807) is 24.3 Å². The number of amides is 1. The van der Waals surface area contributed by atoms with Gasteiger partial charge in [-0.2, -0.15) is 5.10 Å². The van der Waals surface area contributed by atoms with Gasteiger partial charge in [-0.3, -0.25) is 4.79 Å². The molecule has 0 radical (unpaired) electrons. The number of benzene rings is 3. The molecular formula is C24H15Cl3N2O4. The summed E-state index contributed by atoms with van der Waals surface area (Å²) in [5.74, 6) is 1.57. The van der Waals surface area contributed by atoms with Crippen LogP contribution in [0.5, 0.6) is 11.5 Å². The Balaban J connectivity index is 1.24. The average Bonchev–Trinajstić information content (AvgIpc) is 3.28. The molecular weight excluding hydrogens is 487 g/mol. The third kappa shape index (κ3) is 4.50. The van der Waals surface area contributed by atoms with E-state index < -0.39 is 12.0 Å². The van der Waals surface area contributed by atoms with Gasteiger partial charge in [-0.1, -0.05) is 59.1 Å². The fourth-order valence-electron chi connectivity index (χ4n) is 3.40. The van der Waals surface area contributed by atoms with E-state index in [0.717, 1.165) is 10.8 Å².